The number of ether oxygens (including phenoxy) is 1. The second-order valence-corrected chi connectivity index (χ2v) is 8.93. The third-order valence-electron chi connectivity index (χ3n) is 4.66. The topological polar surface area (TPSA) is 114 Å². The van der Waals surface area contributed by atoms with Crippen LogP contribution in [0.4, 0.5) is 14.5 Å². The molecule has 0 spiro atoms. The molecule has 8 nitrogen and oxygen atoms in total. The Hall–Kier alpha value is -3.99. The van der Waals surface area contributed by atoms with Crippen LogP contribution in [0.1, 0.15) is 22.8 Å². The number of sulfonamides is 1. The molecule has 0 aliphatic rings. The van der Waals surface area contributed by atoms with Crippen LogP contribution in [0.3, 0.4) is 0 Å². The Morgan fingerprint density at radius 1 is 0.882 bits per heavy atom. The lowest BCUT2D eigenvalue weighted by Crippen LogP contribution is -2.47. The lowest BCUT2D eigenvalue weighted by molar-refractivity contribution is -0.128. The van der Waals surface area contributed by atoms with Gasteiger partial charge in [0.2, 0.25) is 0 Å². The zero-order valence-electron chi connectivity index (χ0n) is 18.1. The van der Waals surface area contributed by atoms with Gasteiger partial charge in [-0.05, 0) is 80.1 Å². The highest BCUT2D eigenvalue weighted by Crippen LogP contribution is 2.20. The highest BCUT2D eigenvalue weighted by Gasteiger charge is 2.20. The van der Waals surface area contributed by atoms with Crippen molar-refractivity contribution in [3.8, 4) is 5.75 Å². The number of halogens is 2. The maximum Gasteiger partial charge on any atom is 0.279 e. The molecule has 0 radical (unpaired) electrons. The van der Waals surface area contributed by atoms with Gasteiger partial charge in [0.1, 0.15) is 17.4 Å². The molecule has 3 aromatic rings. The Labute approximate surface area is 195 Å². The molecule has 3 N–H and O–H groups in total. The molecule has 1 atom stereocenters. The van der Waals surface area contributed by atoms with Gasteiger partial charge in [-0.2, -0.15) is 0 Å². The van der Waals surface area contributed by atoms with Crippen LogP contribution in [0.15, 0.2) is 71.6 Å². The van der Waals surface area contributed by atoms with Gasteiger partial charge in [-0.15, -0.1) is 0 Å². The summed E-state index contributed by atoms with van der Waals surface area (Å²) in [4.78, 5) is 24.6. The Balaban J connectivity index is 1.66. The number of hydrogen-bond acceptors (Lipinski definition) is 5. The quantitative estimate of drug-likeness (QED) is 0.441. The molecule has 34 heavy (non-hydrogen) atoms. The summed E-state index contributed by atoms with van der Waals surface area (Å²) in [5.41, 5.74) is 5.04. The van der Waals surface area contributed by atoms with E-state index in [2.05, 4.69) is 15.6 Å². The highest BCUT2D eigenvalue weighted by molar-refractivity contribution is 7.92. The summed E-state index contributed by atoms with van der Waals surface area (Å²) >= 11 is 0. The number of nitrogens with one attached hydrogen (secondary N) is 3. The van der Waals surface area contributed by atoms with Crippen LogP contribution in [-0.2, 0) is 14.8 Å². The van der Waals surface area contributed by atoms with Gasteiger partial charge in [-0.25, -0.2) is 17.2 Å². The average molecular weight is 490 g/mol. The fourth-order valence-electron chi connectivity index (χ4n) is 2.80. The molecule has 3 rings (SSSR count). The molecule has 178 valence electrons. The van der Waals surface area contributed by atoms with Crippen LogP contribution in [0.25, 0.3) is 0 Å². The number of benzene rings is 3. The summed E-state index contributed by atoms with van der Waals surface area (Å²) < 4.78 is 59.1. The molecule has 0 aliphatic heterocycles. The Morgan fingerprint density at radius 2 is 1.47 bits per heavy atom. The van der Waals surface area contributed by atoms with Crippen LogP contribution in [0, 0.1) is 18.6 Å². The summed E-state index contributed by atoms with van der Waals surface area (Å²) in [5.74, 6) is -2.14. The van der Waals surface area contributed by atoms with Crippen LogP contribution in [0.5, 0.6) is 5.75 Å². The first kappa shape index (κ1) is 24.6. The molecule has 1 unspecified atom stereocenters. The van der Waals surface area contributed by atoms with Crippen molar-refractivity contribution in [2.45, 2.75) is 24.8 Å². The summed E-state index contributed by atoms with van der Waals surface area (Å²) in [6.45, 7) is 3.03. The minimum absolute atomic E-state index is 0.00869. The molecule has 0 saturated heterocycles. The van der Waals surface area contributed by atoms with Crippen molar-refractivity contribution in [2.24, 2.45) is 0 Å². The molecular formula is C23H21F2N3O5S. The molecule has 0 heterocycles. The SMILES string of the molecule is Cc1ccc(S(=O)(=O)Nc2ccc(F)cc2)cc1C(=O)NNC(=O)C(C)Oc1ccc(F)cc1. The highest BCUT2D eigenvalue weighted by atomic mass is 32.2. The van der Waals surface area contributed by atoms with Crippen molar-refractivity contribution >= 4 is 27.5 Å². The standard InChI is InChI=1S/C23H21F2N3O5S/c1-14-3-12-20(34(31,32)28-18-8-4-16(24)5-9-18)13-21(14)23(30)27-26-22(29)15(2)33-19-10-6-17(25)7-11-19/h3-13,15,28H,1-2H3,(H,26,29)(H,27,30). The molecule has 0 bridgehead atoms. The predicted molar refractivity (Wildman–Crippen MR) is 120 cm³/mol. The minimum Gasteiger partial charge on any atom is -0.481 e. The van der Waals surface area contributed by atoms with E-state index in [0.717, 1.165) is 18.2 Å². The van der Waals surface area contributed by atoms with E-state index >= 15 is 0 Å². The summed E-state index contributed by atoms with van der Waals surface area (Å²) in [7, 11) is -4.07. The average Bonchev–Trinajstić information content (AvgIpc) is 2.80. The second kappa shape index (κ2) is 10.3. The Kier molecular flexibility index (Phi) is 7.47. The summed E-state index contributed by atoms with van der Waals surface area (Å²) in [6.07, 6.45) is -1.02. The first-order valence-corrected chi connectivity index (χ1v) is 11.4. The zero-order valence-corrected chi connectivity index (χ0v) is 19.0. The smallest absolute Gasteiger partial charge is 0.279 e. The van der Waals surface area contributed by atoms with Crippen molar-refractivity contribution in [3.05, 3.63) is 89.5 Å². The fraction of sp³-hybridized carbons (Fsp3) is 0.130. The van der Waals surface area contributed by atoms with Crippen LogP contribution >= 0.6 is 0 Å². The second-order valence-electron chi connectivity index (χ2n) is 7.25. The number of amides is 2. The maximum absolute atomic E-state index is 13.1. The van der Waals surface area contributed by atoms with Gasteiger partial charge < -0.3 is 4.74 Å². The van der Waals surface area contributed by atoms with E-state index in [1.54, 1.807) is 6.92 Å². The van der Waals surface area contributed by atoms with Gasteiger partial charge in [0, 0.05) is 11.3 Å². The van der Waals surface area contributed by atoms with E-state index in [4.69, 9.17) is 4.74 Å². The van der Waals surface area contributed by atoms with Gasteiger partial charge in [0.05, 0.1) is 4.90 Å². The number of aryl methyl sites for hydroxylation is 1. The van der Waals surface area contributed by atoms with E-state index < -0.39 is 39.6 Å². The van der Waals surface area contributed by atoms with E-state index in [1.807, 2.05) is 0 Å². The zero-order chi connectivity index (χ0) is 24.9. The molecule has 0 fully saturated rings. The third-order valence-corrected chi connectivity index (χ3v) is 6.03. The minimum atomic E-state index is -4.07. The lowest BCUT2D eigenvalue weighted by atomic mass is 10.1. The summed E-state index contributed by atoms with van der Waals surface area (Å²) in [5, 5.41) is 0. The monoisotopic (exact) mass is 489 g/mol. The van der Waals surface area contributed by atoms with Gasteiger partial charge in [0.25, 0.3) is 21.8 Å². The van der Waals surface area contributed by atoms with Crippen molar-refractivity contribution in [1.82, 2.24) is 10.9 Å². The van der Waals surface area contributed by atoms with E-state index in [9.17, 15) is 26.8 Å². The van der Waals surface area contributed by atoms with Gasteiger partial charge >= 0.3 is 0 Å². The number of hydrazine groups is 1. The van der Waals surface area contributed by atoms with Crippen LogP contribution < -0.4 is 20.3 Å². The van der Waals surface area contributed by atoms with Gasteiger partial charge in [-0.1, -0.05) is 6.07 Å². The van der Waals surface area contributed by atoms with Crippen LogP contribution in [-0.4, -0.2) is 26.3 Å². The molecule has 0 aliphatic carbocycles. The largest absolute Gasteiger partial charge is 0.481 e. The summed E-state index contributed by atoms with van der Waals surface area (Å²) in [6, 6.07) is 13.7. The van der Waals surface area contributed by atoms with Crippen molar-refractivity contribution in [2.75, 3.05) is 4.72 Å². The first-order chi connectivity index (χ1) is 16.0. The van der Waals surface area contributed by atoms with Crippen LogP contribution in [0.2, 0.25) is 0 Å². The molecule has 0 saturated carbocycles. The Bertz CT molecular complexity index is 1300. The van der Waals surface area contributed by atoms with Gasteiger partial charge in [-0.3, -0.25) is 25.2 Å². The molecule has 3 aromatic carbocycles. The maximum atomic E-state index is 13.1. The van der Waals surface area contributed by atoms with E-state index in [0.29, 0.717) is 5.56 Å². The number of anilines is 1. The van der Waals surface area contributed by atoms with E-state index in [1.165, 1.54) is 55.5 Å². The lowest BCUT2D eigenvalue weighted by Gasteiger charge is -2.16. The third kappa shape index (κ3) is 6.29. The van der Waals surface area contributed by atoms with Crippen molar-refractivity contribution in [3.63, 3.8) is 0 Å². The molecule has 11 heteroatoms. The number of hydrogen-bond donors (Lipinski definition) is 3. The Morgan fingerprint density at radius 3 is 2.09 bits per heavy atom. The molecular weight excluding hydrogens is 468 g/mol. The van der Waals surface area contributed by atoms with Gasteiger partial charge in [0.15, 0.2) is 6.10 Å². The first-order valence-electron chi connectivity index (χ1n) is 9.96. The number of carbonyl (C=O) groups is 2. The molecule has 2 amide bonds. The number of rotatable bonds is 7. The van der Waals surface area contributed by atoms with E-state index in [-0.39, 0.29) is 21.9 Å². The van der Waals surface area contributed by atoms with Crippen molar-refractivity contribution in [1.29, 1.82) is 0 Å². The fourth-order valence-corrected chi connectivity index (χ4v) is 3.89. The number of carbonyl (C=O) groups excluding carboxylic acids is 2. The predicted octanol–water partition coefficient (Wildman–Crippen LogP) is 3.30. The molecule has 0 aromatic heterocycles. The normalized spacial score (nSPS) is 11.9. The van der Waals surface area contributed by atoms with Crippen molar-refractivity contribution < 1.29 is 31.5 Å².